The lowest BCUT2D eigenvalue weighted by Crippen LogP contribution is -2.62. The summed E-state index contributed by atoms with van der Waals surface area (Å²) in [6.45, 7) is 2.20. The number of nitrogens with zero attached hydrogens (tertiary/aromatic N) is 3. The van der Waals surface area contributed by atoms with E-state index in [1.165, 1.54) is 5.56 Å². The summed E-state index contributed by atoms with van der Waals surface area (Å²) in [5.41, 5.74) is 4.22. The Morgan fingerprint density at radius 1 is 1.19 bits per heavy atom. The zero-order chi connectivity index (χ0) is 22.3. The van der Waals surface area contributed by atoms with Crippen molar-refractivity contribution in [3.8, 4) is 0 Å². The standard InChI is InChI=1S/C23H27F3N4O2/c24-23(25,26)10-5-11-30-19-9-4-3-8-18(19)28-20(30)12-32-21(31)29-14-22(15-29)13-27-17-7-2-1-6-16(17)22/h1-2,6-7,27H,3-5,8-15H2. The molecule has 5 rings (SSSR count). The predicted octanol–water partition coefficient (Wildman–Crippen LogP) is 4.42. The molecule has 172 valence electrons. The fourth-order valence-electron chi connectivity index (χ4n) is 5.24. The number of rotatable bonds is 5. The number of anilines is 1. The molecule has 0 unspecified atom stereocenters. The highest BCUT2D eigenvalue weighted by Crippen LogP contribution is 2.43. The number of likely N-dealkylation sites (tertiary alicyclic amines) is 1. The van der Waals surface area contributed by atoms with Gasteiger partial charge in [-0.3, -0.25) is 0 Å². The van der Waals surface area contributed by atoms with Gasteiger partial charge in [-0.2, -0.15) is 13.2 Å². The molecule has 0 bridgehead atoms. The molecule has 0 saturated carbocycles. The highest BCUT2D eigenvalue weighted by atomic mass is 19.4. The highest BCUT2D eigenvalue weighted by molar-refractivity contribution is 5.72. The van der Waals surface area contributed by atoms with Crippen molar-refractivity contribution in [1.82, 2.24) is 14.5 Å². The van der Waals surface area contributed by atoms with E-state index in [2.05, 4.69) is 16.4 Å². The Balaban J connectivity index is 1.21. The van der Waals surface area contributed by atoms with E-state index in [1.807, 2.05) is 22.8 Å². The quantitative estimate of drug-likeness (QED) is 0.736. The minimum absolute atomic E-state index is 0.00565. The summed E-state index contributed by atoms with van der Waals surface area (Å²) in [7, 11) is 0. The van der Waals surface area contributed by atoms with Crippen molar-refractivity contribution in [3.63, 3.8) is 0 Å². The number of ether oxygens (including phenoxy) is 1. The largest absolute Gasteiger partial charge is 0.441 e. The van der Waals surface area contributed by atoms with E-state index in [0.29, 0.717) is 18.9 Å². The summed E-state index contributed by atoms with van der Waals surface area (Å²) in [5, 5.41) is 3.40. The molecule has 6 nitrogen and oxygen atoms in total. The van der Waals surface area contributed by atoms with Crippen molar-refractivity contribution in [3.05, 3.63) is 47.0 Å². The highest BCUT2D eigenvalue weighted by Gasteiger charge is 2.50. The molecular weight excluding hydrogens is 421 g/mol. The number of benzene rings is 1. The average Bonchev–Trinajstić information content (AvgIpc) is 3.29. The smallest absolute Gasteiger partial charge is 0.410 e. The molecule has 1 saturated heterocycles. The molecule has 0 radical (unpaired) electrons. The van der Waals surface area contributed by atoms with Crippen molar-refractivity contribution in [2.24, 2.45) is 0 Å². The van der Waals surface area contributed by atoms with Crippen LogP contribution in [-0.4, -0.2) is 46.4 Å². The molecule has 1 aromatic heterocycles. The summed E-state index contributed by atoms with van der Waals surface area (Å²) in [6, 6.07) is 8.15. The fraction of sp³-hybridized carbons (Fsp3) is 0.565. The Kier molecular flexibility index (Phi) is 5.29. The van der Waals surface area contributed by atoms with E-state index < -0.39 is 18.7 Å². The van der Waals surface area contributed by atoms with Gasteiger partial charge in [0.25, 0.3) is 0 Å². The van der Waals surface area contributed by atoms with Crippen LogP contribution in [0.2, 0.25) is 0 Å². The van der Waals surface area contributed by atoms with Crippen LogP contribution in [0.25, 0.3) is 0 Å². The average molecular weight is 448 g/mol. The number of fused-ring (bicyclic) bond motifs is 3. The Bertz CT molecular complexity index is 1010. The maximum Gasteiger partial charge on any atom is 0.410 e. The maximum absolute atomic E-state index is 12.6. The Labute approximate surface area is 184 Å². The third-order valence-corrected chi connectivity index (χ3v) is 6.84. The topological polar surface area (TPSA) is 59.4 Å². The number of amides is 1. The molecule has 1 amide bonds. The number of alkyl halides is 3. The second-order valence-electron chi connectivity index (χ2n) is 9.09. The number of halogens is 3. The van der Waals surface area contributed by atoms with Crippen LogP contribution in [0.15, 0.2) is 24.3 Å². The molecule has 1 spiro atoms. The molecule has 1 N–H and O–H groups in total. The third-order valence-electron chi connectivity index (χ3n) is 6.84. The molecule has 32 heavy (non-hydrogen) atoms. The maximum atomic E-state index is 12.6. The lowest BCUT2D eigenvalue weighted by Gasteiger charge is -2.47. The second kappa shape index (κ2) is 8.01. The van der Waals surface area contributed by atoms with Gasteiger partial charge in [-0.1, -0.05) is 18.2 Å². The zero-order valence-corrected chi connectivity index (χ0v) is 17.9. The van der Waals surface area contributed by atoms with Crippen LogP contribution in [0, 0.1) is 0 Å². The molecule has 0 atom stereocenters. The first-order chi connectivity index (χ1) is 15.3. The number of aromatic nitrogens is 2. The molecule has 1 aromatic carbocycles. The Morgan fingerprint density at radius 3 is 2.78 bits per heavy atom. The van der Waals surface area contributed by atoms with Gasteiger partial charge in [-0.15, -0.1) is 0 Å². The molecule has 2 aromatic rings. The van der Waals surface area contributed by atoms with Crippen molar-refractivity contribution >= 4 is 11.8 Å². The number of carbonyl (C=O) groups is 1. The Morgan fingerprint density at radius 2 is 1.97 bits per heavy atom. The summed E-state index contributed by atoms with van der Waals surface area (Å²) in [5.74, 6) is 0.551. The number of nitrogens with one attached hydrogen (secondary N) is 1. The molecule has 1 fully saturated rings. The van der Waals surface area contributed by atoms with Gasteiger partial charge in [0.15, 0.2) is 6.61 Å². The van der Waals surface area contributed by atoms with Crippen molar-refractivity contribution < 1.29 is 22.7 Å². The summed E-state index contributed by atoms with van der Waals surface area (Å²) >= 11 is 0. The van der Waals surface area contributed by atoms with Gasteiger partial charge in [0.2, 0.25) is 0 Å². The van der Waals surface area contributed by atoms with Crippen LogP contribution in [0.1, 0.15) is 48.5 Å². The van der Waals surface area contributed by atoms with Crippen LogP contribution >= 0.6 is 0 Å². The number of para-hydroxylation sites is 1. The number of imidazole rings is 1. The van der Waals surface area contributed by atoms with Gasteiger partial charge in [-0.05, 0) is 43.7 Å². The van der Waals surface area contributed by atoms with Gasteiger partial charge in [0, 0.05) is 44.0 Å². The van der Waals surface area contributed by atoms with Gasteiger partial charge >= 0.3 is 12.3 Å². The van der Waals surface area contributed by atoms with E-state index in [4.69, 9.17) is 4.74 Å². The summed E-state index contributed by atoms with van der Waals surface area (Å²) < 4.78 is 45.3. The lowest BCUT2D eigenvalue weighted by atomic mass is 9.75. The van der Waals surface area contributed by atoms with E-state index >= 15 is 0 Å². The first kappa shape index (κ1) is 21.2. The monoisotopic (exact) mass is 448 g/mol. The van der Waals surface area contributed by atoms with Crippen molar-refractivity contribution in [1.29, 1.82) is 0 Å². The van der Waals surface area contributed by atoms with E-state index in [1.54, 1.807) is 4.90 Å². The summed E-state index contributed by atoms with van der Waals surface area (Å²) in [4.78, 5) is 18.9. The predicted molar refractivity (Wildman–Crippen MR) is 113 cm³/mol. The van der Waals surface area contributed by atoms with Gasteiger partial charge in [-0.25, -0.2) is 9.78 Å². The number of hydrogen-bond donors (Lipinski definition) is 1. The first-order valence-electron chi connectivity index (χ1n) is 11.2. The molecule has 2 aliphatic heterocycles. The van der Waals surface area contributed by atoms with Gasteiger partial charge < -0.3 is 19.5 Å². The minimum atomic E-state index is -4.17. The van der Waals surface area contributed by atoms with Crippen LogP contribution in [0.4, 0.5) is 23.7 Å². The van der Waals surface area contributed by atoms with Gasteiger partial charge in [0.1, 0.15) is 5.82 Å². The SMILES string of the molecule is O=C(OCc1nc2c(n1CCCC(F)(F)F)CCCC2)N1CC2(CNc3ccccc32)C1. The Hall–Kier alpha value is -2.71. The lowest BCUT2D eigenvalue weighted by molar-refractivity contribution is -0.135. The van der Waals surface area contributed by atoms with E-state index in [-0.39, 0.29) is 25.0 Å². The molecular formula is C23H27F3N4O2. The third kappa shape index (κ3) is 3.93. The van der Waals surface area contributed by atoms with Crippen LogP contribution in [0.5, 0.6) is 0 Å². The van der Waals surface area contributed by atoms with Crippen LogP contribution < -0.4 is 5.32 Å². The van der Waals surface area contributed by atoms with Crippen molar-refractivity contribution in [2.75, 3.05) is 25.0 Å². The first-order valence-corrected chi connectivity index (χ1v) is 11.2. The van der Waals surface area contributed by atoms with Gasteiger partial charge in [0.05, 0.1) is 11.1 Å². The molecule has 1 aliphatic carbocycles. The number of aryl methyl sites for hydroxylation is 1. The normalized spacial score (nSPS) is 18.7. The van der Waals surface area contributed by atoms with Crippen LogP contribution in [0.3, 0.4) is 0 Å². The van der Waals surface area contributed by atoms with Crippen LogP contribution in [-0.2, 0) is 36.1 Å². The number of hydrogen-bond acceptors (Lipinski definition) is 4. The van der Waals surface area contributed by atoms with E-state index in [9.17, 15) is 18.0 Å². The second-order valence-corrected chi connectivity index (χ2v) is 9.09. The summed E-state index contributed by atoms with van der Waals surface area (Å²) in [6.07, 6.45) is -1.75. The van der Waals surface area contributed by atoms with E-state index in [0.717, 1.165) is 49.3 Å². The molecule has 9 heteroatoms. The molecule has 3 heterocycles. The zero-order valence-electron chi connectivity index (χ0n) is 17.9. The minimum Gasteiger partial charge on any atom is -0.441 e. The molecule has 3 aliphatic rings. The fourth-order valence-corrected chi connectivity index (χ4v) is 5.24. The number of carbonyl (C=O) groups excluding carboxylic acids is 1. The van der Waals surface area contributed by atoms with Crippen molar-refractivity contribution in [2.45, 2.75) is 63.3 Å².